The average Bonchev–Trinajstić information content (AvgIpc) is 2.82. The fourth-order valence-electron chi connectivity index (χ4n) is 2.09. The molecule has 0 spiro atoms. The number of phenols is 1. The van der Waals surface area contributed by atoms with E-state index in [0.717, 1.165) is 11.3 Å². The van der Waals surface area contributed by atoms with Crippen LogP contribution in [0.1, 0.15) is 12.5 Å². The third-order valence-electron chi connectivity index (χ3n) is 2.96. The normalized spacial score (nSPS) is 20.1. The molecule has 3 rings (SSSR count). The molecule has 7 nitrogen and oxygen atoms in total. The lowest BCUT2D eigenvalue weighted by Gasteiger charge is -2.16. The molecule has 1 aromatic carbocycles. The number of hydrogen-bond acceptors (Lipinski definition) is 5. The van der Waals surface area contributed by atoms with Crippen molar-refractivity contribution in [2.45, 2.75) is 13.1 Å². The number of amides is 2. The summed E-state index contributed by atoms with van der Waals surface area (Å²) in [7, 11) is 0. The predicted molar refractivity (Wildman–Crippen MR) is 72.5 cm³/mol. The Balaban J connectivity index is 1.94. The summed E-state index contributed by atoms with van der Waals surface area (Å²) in [5, 5.41) is 17.9. The van der Waals surface area contributed by atoms with E-state index >= 15 is 0 Å². The maximum Gasteiger partial charge on any atom is 0.320 e. The number of amidine groups is 1. The summed E-state index contributed by atoms with van der Waals surface area (Å²) < 4.78 is 5.50. The lowest BCUT2D eigenvalue weighted by atomic mass is 10.1. The first-order chi connectivity index (χ1) is 9.67. The molecule has 7 heteroatoms. The van der Waals surface area contributed by atoms with Crippen LogP contribution in [-0.2, 0) is 0 Å². The van der Waals surface area contributed by atoms with Crippen LogP contribution in [-0.4, -0.2) is 29.7 Å². The molecule has 1 aromatic rings. The molecule has 0 saturated carbocycles. The average molecular weight is 274 g/mol. The zero-order valence-corrected chi connectivity index (χ0v) is 10.8. The highest BCUT2D eigenvalue weighted by Crippen LogP contribution is 2.27. The summed E-state index contributed by atoms with van der Waals surface area (Å²) in [6.45, 7) is 2.35. The van der Waals surface area contributed by atoms with E-state index < -0.39 is 6.17 Å². The van der Waals surface area contributed by atoms with E-state index in [0.29, 0.717) is 18.2 Å². The maximum atomic E-state index is 11.2. The number of aromatic hydroxyl groups is 1. The van der Waals surface area contributed by atoms with Crippen molar-refractivity contribution in [1.82, 2.24) is 16.0 Å². The van der Waals surface area contributed by atoms with Crippen LogP contribution in [0.15, 0.2) is 35.1 Å². The summed E-state index contributed by atoms with van der Waals surface area (Å²) in [4.78, 5) is 15.6. The number of rotatable bonds is 3. The van der Waals surface area contributed by atoms with E-state index in [2.05, 4.69) is 20.9 Å². The van der Waals surface area contributed by atoms with Crippen LogP contribution in [0.3, 0.4) is 0 Å². The van der Waals surface area contributed by atoms with Crippen molar-refractivity contribution in [2.75, 3.05) is 6.61 Å². The number of carbonyl (C=O) groups excluding carboxylic acids is 1. The molecule has 2 aliphatic heterocycles. The number of ether oxygens (including phenoxy) is 1. The molecule has 0 fully saturated rings. The van der Waals surface area contributed by atoms with Gasteiger partial charge in [-0.05, 0) is 19.1 Å². The Morgan fingerprint density at radius 3 is 3.10 bits per heavy atom. The van der Waals surface area contributed by atoms with E-state index in [1.54, 1.807) is 18.3 Å². The van der Waals surface area contributed by atoms with Crippen LogP contribution >= 0.6 is 0 Å². The number of fused-ring (bicyclic) bond motifs is 1. The number of urea groups is 1. The molecule has 1 unspecified atom stereocenters. The first-order valence-electron chi connectivity index (χ1n) is 6.25. The van der Waals surface area contributed by atoms with Crippen molar-refractivity contribution in [3.63, 3.8) is 0 Å². The molecule has 0 radical (unpaired) electrons. The standard InChI is InChI=1S/C13H14N4O3/c1-2-20-10-5-7(18)3-4-8(10)11-15-9-6-14-13(19)17-12(9)16-11/h3-6,12,18H,2H2,1H3,(H,15,16)(H2,14,17,19). The Hall–Kier alpha value is -2.70. The van der Waals surface area contributed by atoms with Crippen LogP contribution < -0.4 is 20.7 Å². The smallest absolute Gasteiger partial charge is 0.320 e. The second kappa shape index (κ2) is 4.76. The van der Waals surface area contributed by atoms with Gasteiger partial charge < -0.3 is 25.8 Å². The molecule has 4 N–H and O–H groups in total. The third kappa shape index (κ3) is 2.13. The van der Waals surface area contributed by atoms with E-state index in [1.165, 1.54) is 6.07 Å². The molecule has 104 valence electrons. The zero-order valence-electron chi connectivity index (χ0n) is 10.8. The van der Waals surface area contributed by atoms with E-state index in [-0.39, 0.29) is 11.8 Å². The van der Waals surface area contributed by atoms with Crippen LogP contribution in [0, 0.1) is 0 Å². The van der Waals surface area contributed by atoms with Gasteiger partial charge >= 0.3 is 6.03 Å². The maximum absolute atomic E-state index is 11.2. The SMILES string of the molecule is CCOc1cc(O)ccc1C1=NC2NC(=O)NC=C2N1. The fraction of sp³-hybridized carbons (Fsp3) is 0.231. The van der Waals surface area contributed by atoms with Gasteiger partial charge in [0.2, 0.25) is 0 Å². The highest BCUT2D eigenvalue weighted by Gasteiger charge is 2.29. The molecule has 20 heavy (non-hydrogen) atoms. The number of nitrogens with zero attached hydrogens (tertiary/aromatic N) is 1. The van der Waals surface area contributed by atoms with Gasteiger partial charge in [0.1, 0.15) is 17.3 Å². The van der Waals surface area contributed by atoms with Gasteiger partial charge in [-0.2, -0.15) is 0 Å². The fourth-order valence-corrected chi connectivity index (χ4v) is 2.09. The number of carbonyl (C=O) groups is 1. The van der Waals surface area contributed by atoms with E-state index in [4.69, 9.17) is 4.74 Å². The summed E-state index contributed by atoms with van der Waals surface area (Å²) in [6, 6.07) is 4.53. The highest BCUT2D eigenvalue weighted by molar-refractivity contribution is 6.04. The quantitative estimate of drug-likeness (QED) is 0.650. The number of aliphatic imine (C=N–C) groups is 1. The van der Waals surface area contributed by atoms with Gasteiger partial charge in [0.05, 0.1) is 17.9 Å². The van der Waals surface area contributed by atoms with Crippen molar-refractivity contribution in [2.24, 2.45) is 4.99 Å². The van der Waals surface area contributed by atoms with Crippen molar-refractivity contribution < 1.29 is 14.6 Å². The van der Waals surface area contributed by atoms with E-state index in [9.17, 15) is 9.90 Å². The van der Waals surface area contributed by atoms with Crippen molar-refractivity contribution in [3.05, 3.63) is 35.7 Å². The van der Waals surface area contributed by atoms with Gasteiger partial charge in [-0.25, -0.2) is 9.79 Å². The molecule has 0 bridgehead atoms. The van der Waals surface area contributed by atoms with Gasteiger partial charge in [0, 0.05) is 12.3 Å². The molecule has 0 aromatic heterocycles. The van der Waals surface area contributed by atoms with Crippen LogP contribution in [0.25, 0.3) is 0 Å². The summed E-state index contributed by atoms with van der Waals surface area (Å²) in [6.07, 6.45) is 1.17. The number of phenolic OH excluding ortho intramolecular Hbond substituents is 1. The lowest BCUT2D eigenvalue weighted by molar-refractivity contribution is 0.240. The summed E-state index contributed by atoms with van der Waals surface area (Å²) in [5.74, 6) is 1.26. The minimum absolute atomic E-state index is 0.127. The van der Waals surface area contributed by atoms with Gasteiger partial charge in [0.25, 0.3) is 0 Å². The summed E-state index contributed by atoms with van der Waals surface area (Å²) >= 11 is 0. The second-order valence-electron chi connectivity index (χ2n) is 4.34. The van der Waals surface area contributed by atoms with Gasteiger partial charge in [-0.1, -0.05) is 0 Å². The first kappa shape index (κ1) is 12.3. The van der Waals surface area contributed by atoms with Crippen molar-refractivity contribution in [1.29, 1.82) is 0 Å². The largest absolute Gasteiger partial charge is 0.508 e. The predicted octanol–water partition coefficient (Wildman–Crippen LogP) is 0.621. The zero-order chi connectivity index (χ0) is 14.1. The Morgan fingerprint density at radius 1 is 1.45 bits per heavy atom. The second-order valence-corrected chi connectivity index (χ2v) is 4.34. The van der Waals surface area contributed by atoms with Crippen LogP contribution in [0.5, 0.6) is 11.5 Å². The molecule has 0 saturated heterocycles. The number of benzene rings is 1. The summed E-state index contributed by atoms with van der Waals surface area (Å²) in [5.41, 5.74) is 1.49. The lowest BCUT2D eigenvalue weighted by Crippen LogP contribution is -2.45. The minimum atomic E-state index is -0.415. The van der Waals surface area contributed by atoms with Gasteiger partial charge in [-0.15, -0.1) is 0 Å². The van der Waals surface area contributed by atoms with Crippen LogP contribution in [0.4, 0.5) is 4.79 Å². The number of nitrogens with one attached hydrogen (secondary N) is 3. The molecule has 2 amide bonds. The first-order valence-corrected chi connectivity index (χ1v) is 6.25. The molecular formula is C13H14N4O3. The Bertz CT molecular complexity index is 624. The van der Waals surface area contributed by atoms with Crippen molar-refractivity contribution in [3.8, 4) is 11.5 Å². The van der Waals surface area contributed by atoms with Gasteiger partial charge in [0.15, 0.2) is 6.17 Å². The number of hydrogen-bond donors (Lipinski definition) is 4. The minimum Gasteiger partial charge on any atom is -0.508 e. The Labute approximate surface area is 115 Å². The van der Waals surface area contributed by atoms with E-state index in [1.807, 2.05) is 6.92 Å². The highest BCUT2D eigenvalue weighted by atomic mass is 16.5. The third-order valence-corrected chi connectivity index (χ3v) is 2.96. The molecule has 2 aliphatic rings. The monoisotopic (exact) mass is 274 g/mol. The topological polar surface area (TPSA) is 95.0 Å². The van der Waals surface area contributed by atoms with Gasteiger partial charge in [-0.3, -0.25) is 0 Å². The Morgan fingerprint density at radius 2 is 2.30 bits per heavy atom. The molecule has 2 heterocycles. The van der Waals surface area contributed by atoms with Crippen LogP contribution in [0.2, 0.25) is 0 Å². The molecule has 0 aliphatic carbocycles. The molecule has 1 atom stereocenters. The Kier molecular flexibility index (Phi) is 2.94. The molecular weight excluding hydrogens is 260 g/mol. The van der Waals surface area contributed by atoms with Crippen molar-refractivity contribution >= 4 is 11.9 Å².